The highest BCUT2D eigenvalue weighted by Gasteiger charge is 2.69. The summed E-state index contributed by atoms with van der Waals surface area (Å²) < 4.78 is 26.0. The Labute approximate surface area is 229 Å². The predicted molar refractivity (Wildman–Crippen MR) is 143 cm³/mol. The van der Waals surface area contributed by atoms with Gasteiger partial charge < -0.3 is 34.3 Å². The molecule has 2 saturated carbocycles. The van der Waals surface area contributed by atoms with Crippen LogP contribution in [0.4, 0.5) is 0 Å². The number of hydrogen-bond acceptors (Lipinski definition) is 8. The van der Waals surface area contributed by atoms with Crippen LogP contribution < -0.4 is 4.74 Å². The van der Waals surface area contributed by atoms with E-state index in [1.807, 2.05) is 36.4 Å². The van der Waals surface area contributed by atoms with E-state index in [1.54, 1.807) is 6.07 Å². The van der Waals surface area contributed by atoms with Crippen molar-refractivity contribution < 1.29 is 34.3 Å². The van der Waals surface area contributed by atoms with Gasteiger partial charge in [0.05, 0.1) is 31.3 Å². The largest absolute Gasteiger partial charge is 0.504 e. The Bertz CT molecular complexity index is 1200. The Balaban J connectivity index is 1.29. The SMILES string of the molecule is CCN(CC1CC1)[C@@H]1Cc2ccc(O)c3c2C2[C@@H](O3)C3(CC[C@]21OCC(O)C(O)c1ccccc1)OCCO3. The number of phenolic OH excluding ortho intramolecular Hbond substituents is 1. The topological polar surface area (TPSA) is 101 Å². The molecule has 2 aliphatic heterocycles. The Hall–Kier alpha value is -2.20. The zero-order valence-corrected chi connectivity index (χ0v) is 22.5. The summed E-state index contributed by atoms with van der Waals surface area (Å²) in [5, 5.41) is 32.9. The summed E-state index contributed by atoms with van der Waals surface area (Å²) in [4.78, 5) is 2.55. The Morgan fingerprint density at radius 1 is 1.05 bits per heavy atom. The van der Waals surface area contributed by atoms with Gasteiger partial charge in [0.25, 0.3) is 0 Å². The third kappa shape index (κ3) is 4.11. The molecule has 2 aromatic carbocycles. The molecule has 0 radical (unpaired) electrons. The molecular formula is C31H39NO7. The predicted octanol–water partition coefficient (Wildman–Crippen LogP) is 3.28. The number of phenols is 1. The second-order valence-electron chi connectivity index (χ2n) is 12.0. The van der Waals surface area contributed by atoms with Gasteiger partial charge >= 0.3 is 0 Å². The number of rotatable bonds is 9. The molecule has 0 bridgehead atoms. The van der Waals surface area contributed by atoms with E-state index in [1.165, 1.54) is 12.8 Å². The van der Waals surface area contributed by atoms with Crippen molar-refractivity contribution in [3.8, 4) is 11.5 Å². The summed E-state index contributed by atoms with van der Waals surface area (Å²) in [6, 6.07) is 13.0. The van der Waals surface area contributed by atoms with Crippen LogP contribution in [0.3, 0.4) is 0 Å². The highest BCUT2D eigenvalue weighted by Crippen LogP contribution is 2.63. The van der Waals surface area contributed by atoms with Crippen LogP contribution in [-0.2, 0) is 20.6 Å². The van der Waals surface area contributed by atoms with Crippen LogP contribution in [0.25, 0.3) is 0 Å². The average Bonchev–Trinajstić information content (AvgIpc) is 3.48. The number of fused-ring (bicyclic) bond motifs is 1. The summed E-state index contributed by atoms with van der Waals surface area (Å²) in [7, 11) is 0. The van der Waals surface area contributed by atoms with Crippen molar-refractivity contribution in [3.63, 3.8) is 0 Å². The van der Waals surface area contributed by atoms with Gasteiger partial charge in [0.1, 0.15) is 12.2 Å². The van der Waals surface area contributed by atoms with Gasteiger partial charge in [-0.25, -0.2) is 0 Å². The van der Waals surface area contributed by atoms with E-state index in [4.69, 9.17) is 18.9 Å². The van der Waals surface area contributed by atoms with Crippen LogP contribution in [-0.4, -0.2) is 82.8 Å². The average molecular weight is 538 g/mol. The van der Waals surface area contributed by atoms with E-state index in [9.17, 15) is 15.3 Å². The lowest BCUT2D eigenvalue weighted by atomic mass is 9.60. The molecule has 39 heavy (non-hydrogen) atoms. The van der Waals surface area contributed by atoms with E-state index in [2.05, 4.69) is 11.8 Å². The lowest BCUT2D eigenvalue weighted by molar-refractivity contribution is -0.275. The van der Waals surface area contributed by atoms with Crippen LogP contribution >= 0.6 is 0 Å². The molecule has 0 aromatic heterocycles. The third-order valence-corrected chi connectivity index (χ3v) is 9.77. The number of aliphatic hydroxyl groups is 2. The van der Waals surface area contributed by atoms with Crippen molar-refractivity contribution in [1.29, 1.82) is 0 Å². The maximum absolute atomic E-state index is 11.1. The first-order valence-electron chi connectivity index (χ1n) is 14.5. The zero-order valence-electron chi connectivity index (χ0n) is 22.5. The summed E-state index contributed by atoms with van der Waals surface area (Å²) >= 11 is 0. The summed E-state index contributed by atoms with van der Waals surface area (Å²) in [5.74, 6) is 0.196. The summed E-state index contributed by atoms with van der Waals surface area (Å²) in [5.41, 5.74) is 2.09. The molecule has 3 unspecified atom stereocenters. The van der Waals surface area contributed by atoms with Crippen molar-refractivity contribution in [2.45, 2.75) is 80.7 Å². The number of benzene rings is 2. The molecule has 2 heterocycles. The maximum atomic E-state index is 11.1. The minimum absolute atomic E-state index is 0.0189. The third-order valence-electron chi connectivity index (χ3n) is 9.77. The van der Waals surface area contributed by atoms with Gasteiger partial charge in [0.15, 0.2) is 17.6 Å². The molecular weight excluding hydrogens is 498 g/mol. The summed E-state index contributed by atoms with van der Waals surface area (Å²) in [6.07, 6.45) is 1.90. The quantitative estimate of drug-likeness (QED) is 0.448. The van der Waals surface area contributed by atoms with Crippen LogP contribution in [0.15, 0.2) is 42.5 Å². The van der Waals surface area contributed by atoms with Gasteiger partial charge in [-0.2, -0.15) is 0 Å². The minimum atomic E-state index is -1.10. The number of likely N-dealkylation sites (N-methyl/N-ethyl adjacent to an activating group) is 1. The molecule has 1 saturated heterocycles. The van der Waals surface area contributed by atoms with Gasteiger partial charge in [-0.15, -0.1) is 0 Å². The van der Waals surface area contributed by atoms with Gasteiger partial charge in [-0.3, -0.25) is 4.90 Å². The van der Waals surface area contributed by atoms with Crippen molar-refractivity contribution in [2.24, 2.45) is 5.92 Å². The van der Waals surface area contributed by atoms with Crippen LogP contribution in [0.1, 0.15) is 61.3 Å². The molecule has 6 atom stereocenters. The molecule has 1 spiro atoms. The number of aromatic hydroxyl groups is 1. The number of nitrogens with zero attached hydrogens (tertiary/aromatic N) is 1. The first-order chi connectivity index (χ1) is 19.0. The lowest BCUT2D eigenvalue weighted by Crippen LogP contribution is -2.69. The number of hydrogen-bond donors (Lipinski definition) is 3. The second-order valence-corrected chi connectivity index (χ2v) is 12.0. The van der Waals surface area contributed by atoms with Crippen molar-refractivity contribution in [2.75, 3.05) is 32.9 Å². The molecule has 3 fully saturated rings. The van der Waals surface area contributed by atoms with E-state index in [0.29, 0.717) is 43.3 Å². The monoisotopic (exact) mass is 537 g/mol. The fourth-order valence-electron chi connectivity index (χ4n) is 7.67. The molecule has 210 valence electrons. The Morgan fingerprint density at radius 3 is 2.54 bits per heavy atom. The number of aliphatic hydroxyl groups excluding tert-OH is 2. The normalized spacial score (nSPS) is 31.7. The maximum Gasteiger partial charge on any atom is 0.206 e. The molecule has 2 aromatic rings. The molecule has 3 aliphatic carbocycles. The van der Waals surface area contributed by atoms with E-state index >= 15 is 0 Å². The first kappa shape index (κ1) is 25.7. The molecule has 5 aliphatic rings. The lowest BCUT2D eigenvalue weighted by Gasteiger charge is -2.57. The summed E-state index contributed by atoms with van der Waals surface area (Å²) in [6.45, 7) is 5.09. The Morgan fingerprint density at radius 2 is 1.82 bits per heavy atom. The fraction of sp³-hybridized carbons (Fsp3) is 0.613. The van der Waals surface area contributed by atoms with Gasteiger partial charge in [0, 0.05) is 24.6 Å². The standard InChI is InChI=1S/C31H39NO7/c1-2-32(17-19-8-9-19)24-16-21-10-11-22(33)28-25(21)26-29(39-28)31(36-14-15-37-31)13-12-30(24,26)38-18-23(34)27(35)20-6-4-3-5-7-20/h3-7,10-11,19,23-24,26-27,29,33-35H,2,8-9,12-18H2,1H3/t23?,24-,26?,27?,29-,30-/m1/s1. The van der Waals surface area contributed by atoms with Crippen LogP contribution in [0, 0.1) is 5.92 Å². The smallest absolute Gasteiger partial charge is 0.206 e. The minimum Gasteiger partial charge on any atom is -0.504 e. The van der Waals surface area contributed by atoms with Crippen LogP contribution in [0.2, 0.25) is 0 Å². The van der Waals surface area contributed by atoms with Crippen molar-refractivity contribution in [1.82, 2.24) is 4.90 Å². The molecule has 3 N–H and O–H groups in total. The van der Waals surface area contributed by atoms with E-state index in [-0.39, 0.29) is 24.3 Å². The molecule has 8 nitrogen and oxygen atoms in total. The molecule has 0 amide bonds. The fourth-order valence-corrected chi connectivity index (χ4v) is 7.67. The van der Waals surface area contributed by atoms with E-state index < -0.39 is 29.7 Å². The van der Waals surface area contributed by atoms with Gasteiger partial charge in [-0.1, -0.05) is 43.3 Å². The Kier molecular flexibility index (Phi) is 6.41. The van der Waals surface area contributed by atoms with Gasteiger partial charge in [0.2, 0.25) is 5.79 Å². The number of ether oxygens (including phenoxy) is 4. The van der Waals surface area contributed by atoms with Crippen LogP contribution in [0.5, 0.6) is 11.5 Å². The van der Waals surface area contributed by atoms with Crippen molar-refractivity contribution in [3.05, 3.63) is 59.2 Å². The first-order valence-corrected chi connectivity index (χ1v) is 14.5. The zero-order chi connectivity index (χ0) is 26.8. The second kappa shape index (κ2) is 9.72. The highest BCUT2D eigenvalue weighted by atomic mass is 16.8. The molecule has 7 rings (SSSR count). The molecule has 8 heteroatoms. The van der Waals surface area contributed by atoms with Gasteiger partial charge in [-0.05, 0) is 55.3 Å². The van der Waals surface area contributed by atoms with Crippen molar-refractivity contribution >= 4 is 0 Å². The van der Waals surface area contributed by atoms with E-state index in [0.717, 1.165) is 30.6 Å². The highest BCUT2D eigenvalue weighted by molar-refractivity contribution is 5.59.